The minimum absolute atomic E-state index is 0.336. The Hall–Kier alpha value is -2.74. The molecule has 0 radical (unpaired) electrons. The zero-order valence-electron chi connectivity index (χ0n) is 15.7. The normalized spacial score (nSPS) is 20.3. The number of imide groups is 1. The number of hydrogen-bond acceptors (Lipinski definition) is 5. The number of nitrogens with zero attached hydrogens (tertiary/aromatic N) is 5. The summed E-state index contributed by atoms with van der Waals surface area (Å²) in [6.07, 6.45) is 0.783. The van der Waals surface area contributed by atoms with Gasteiger partial charge in [-0.05, 0) is 19.4 Å². The molecule has 27 heavy (non-hydrogen) atoms. The Morgan fingerprint density at radius 1 is 1.30 bits per heavy atom. The molecule has 2 heterocycles. The molecule has 0 bridgehead atoms. The Bertz CT molecular complexity index is 892. The highest BCUT2D eigenvalue weighted by molar-refractivity contribution is 6.31. The van der Waals surface area contributed by atoms with Crippen molar-refractivity contribution in [1.29, 1.82) is 0 Å². The molecule has 142 valence electrons. The molecule has 2 aliphatic rings. The molecule has 0 aliphatic carbocycles. The van der Waals surface area contributed by atoms with Crippen LogP contribution in [0.2, 0.25) is 5.02 Å². The predicted octanol–water partition coefficient (Wildman–Crippen LogP) is 1.89. The van der Waals surface area contributed by atoms with E-state index in [1.165, 1.54) is 11.9 Å². The van der Waals surface area contributed by atoms with Crippen molar-refractivity contribution < 1.29 is 14.2 Å². The number of carbonyl (C=O) groups is 2. The first-order valence-electron chi connectivity index (χ1n) is 8.65. The van der Waals surface area contributed by atoms with Gasteiger partial charge in [0.05, 0.1) is 12.3 Å². The zero-order chi connectivity index (χ0) is 19.7. The maximum Gasteiger partial charge on any atom is 0.414 e. The number of hydrazone groups is 1. The van der Waals surface area contributed by atoms with Gasteiger partial charge in [-0.15, -0.1) is 5.10 Å². The summed E-state index contributed by atoms with van der Waals surface area (Å²) in [6.45, 7) is 4.25. The SMILES string of the molecule is CC/C(C)=N/NC1=[N+](Cc2ccccc2Cl)C2C(=O)N(C)C(=O)N(C)C2=N1. The van der Waals surface area contributed by atoms with Crippen LogP contribution in [0.5, 0.6) is 0 Å². The van der Waals surface area contributed by atoms with Crippen molar-refractivity contribution in [1.82, 2.24) is 15.2 Å². The smallest absolute Gasteiger partial charge is 0.270 e. The summed E-state index contributed by atoms with van der Waals surface area (Å²) in [5, 5.41) is 4.90. The van der Waals surface area contributed by atoms with Gasteiger partial charge in [0, 0.05) is 24.7 Å². The van der Waals surface area contributed by atoms with Crippen LogP contribution in [0.4, 0.5) is 4.79 Å². The fourth-order valence-corrected chi connectivity index (χ4v) is 3.08. The average Bonchev–Trinajstić information content (AvgIpc) is 3.03. The molecule has 0 aromatic heterocycles. The maximum atomic E-state index is 12.8. The van der Waals surface area contributed by atoms with E-state index >= 15 is 0 Å². The largest absolute Gasteiger partial charge is 0.414 e. The van der Waals surface area contributed by atoms with Gasteiger partial charge in [-0.1, -0.05) is 41.7 Å². The minimum Gasteiger partial charge on any atom is -0.270 e. The van der Waals surface area contributed by atoms with Crippen LogP contribution in [0.25, 0.3) is 0 Å². The Balaban J connectivity index is 2.04. The molecule has 8 nitrogen and oxygen atoms in total. The summed E-state index contributed by atoms with van der Waals surface area (Å²) in [5.41, 5.74) is 4.68. The predicted molar refractivity (Wildman–Crippen MR) is 104 cm³/mol. The van der Waals surface area contributed by atoms with Crippen molar-refractivity contribution in [3.63, 3.8) is 0 Å². The third-order valence-electron chi connectivity index (χ3n) is 4.69. The van der Waals surface area contributed by atoms with Gasteiger partial charge in [0.1, 0.15) is 0 Å². The lowest BCUT2D eigenvalue weighted by Gasteiger charge is -2.31. The van der Waals surface area contributed by atoms with Gasteiger partial charge in [-0.2, -0.15) is 5.43 Å². The first kappa shape index (κ1) is 19.0. The molecule has 1 fully saturated rings. The van der Waals surface area contributed by atoms with Crippen LogP contribution in [0.3, 0.4) is 0 Å². The van der Waals surface area contributed by atoms with E-state index in [2.05, 4.69) is 15.5 Å². The van der Waals surface area contributed by atoms with Gasteiger partial charge in [0.25, 0.3) is 5.91 Å². The number of amidine groups is 1. The highest BCUT2D eigenvalue weighted by atomic mass is 35.5. The molecule has 0 saturated carbocycles. The fourth-order valence-electron chi connectivity index (χ4n) is 2.89. The number of amides is 3. The molecule has 3 amide bonds. The van der Waals surface area contributed by atoms with Crippen molar-refractivity contribution in [2.75, 3.05) is 14.1 Å². The van der Waals surface area contributed by atoms with E-state index in [1.54, 1.807) is 17.7 Å². The van der Waals surface area contributed by atoms with E-state index in [0.717, 1.165) is 22.6 Å². The highest BCUT2D eigenvalue weighted by Crippen LogP contribution is 2.22. The molecule has 1 atom stereocenters. The standard InChI is InChI=1S/C18H21ClN6O2/c1-5-11(2)21-22-17-20-15-14(16(26)24(4)18(27)23(15)3)25(17)10-12-8-6-7-9-13(12)19/h6-9,14H,5,10H2,1-4H3/p+1/b21-11+. The van der Waals surface area contributed by atoms with Crippen LogP contribution in [0.1, 0.15) is 25.8 Å². The van der Waals surface area contributed by atoms with E-state index in [4.69, 9.17) is 11.6 Å². The molecule has 1 saturated heterocycles. The Labute approximate surface area is 162 Å². The van der Waals surface area contributed by atoms with Crippen molar-refractivity contribution in [3.05, 3.63) is 34.9 Å². The van der Waals surface area contributed by atoms with Crippen LogP contribution in [-0.2, 0) is 11.3 Å². The number of halogens is 1. The highest BCUT2D eigenvalue weighted by Gasteiger charge is 2.51. The van der Waals surface area contributed by atoms with Crippen molar-refractivity contribution in [2.45, 2.75) is 32.9 Å². The number of nitrogens with one attached hydrogen (secondary N) is 1. The van der Waals surface area contributed by atoms with Crippen molar-refractivity contribution in [2.24, 2.45) is 10.1 Å². The number of guanidine groups is 1. The number of urea groups is 1. The van der Waals surface area contributed by atoms with E-state index in [0.29, 0.717) is 23.4 Å². The number of rotatable bonds is 4. The molecule has 9 heteroatoms. The second kappa shape index (κ2) is 7.48. The summed E-state index contributed by atoms with van der Waals surface area (Å²) in [5.74, 6) is 0.449. The first-order valence-corrected chi connectivity index (χ1v) is 9.03. The lowest BCUT2D eigenvalue weighted by Crippen LogP contribution is -2.61. The van der Waals surface area contributed by atoms with Gasteiger partial charge in [-0.25, -0.2) is 9.37 Å². The molecule has 1 unspecified atom stereocenters. The molecule has 0 spiro atoms. The van der Waals surface area contributed by atoms with Crippen LogP contribution < -0.4 is 5.43 Å². The van der Waals surface area contributed by atoms with Crippen molar-refractivity contribution >= 4 is 41.0 Å². The number of benzene rings is 1. The molecular weight excluding hydrogens is 368 g/mol. The second-order valence-electron chi connectivity index (χ2n) is 6.47. The molecule has 1 aromatic carbocycles. The summed E-state index contributed by atoms with van der Waals surface area (Å²) < 4.78 is 1.78. The van der Waals surface area contributed by atoms with Crippen LogP contribution in [0, 0.1) is 0 Å². The molecule has 2 aliphatic heterocycles. The lowest BCUT2D eigenvalue weighted by molar-refractivity contribution is -0.553. The maximum absolute atomic E-state index is 12.8. The summed E-state index contributed by atoms with van der Waals surface area (Å²) >= 11 is 6.31. The fraction of sp³-hybridized carbons (Fsp3) is 0.389. The number of aliphatic imine (C=N–C) groups is 1. The quantitative estimate of drug-likeness (QED) is 0.485. The molecule has 1 aromatic rings. The Morgan fingerprint density at radius 2 is 2.00 bits per heavy atom. The Morgan fingerprint density at radius 3 is 2.67 bits per heavy atom. The van der Waals surface area contributed by atoms with Gasteiger partial charge in [0.15, 0.2) is 0 Å². The van der Waals surface area contributed by atoms with E-state index in [1.807, 2.05) is 32.0 Å². The topological polar surface area (TPSA) is 80.4 Å². The second-order valence-corrected chi connectivity index (χ2v) is 6.87. The number of carbonyl (C=O) groups excluding carboxylic acids is 2. The third kappa shape index (κ3) is 3.44. The summed E-state index contributed by atoms with van der Waals surface area (Å²) in [4.78, 5) is 32.1. The third-order valence-corrected chi connectivity index (χ3v) is 5.06. The molecule has 1 N–H and O–H groups in total. The van der Waals surface area contributed by atoms with E-state index in [9.17, 15) is 9.59 Å². The number of likely N-dealkylation sites (N-methyl/N-ethyl adjacent to an activating group) is 2. The van der Waals surface area contributed by atoms with E-state index in [-0.39, 0.29) is 5.91 Å². The summed E-state index contributed by atoms with van der Waals surface area (Å²) in [6, 6.07) is 6.30. The van der Waals surface area contributed by atoms with Crippen LogP contribution >= 0.6 is 11.6 Å². The first-order chi connectivity index (χ1) is 12.8. The van der Waals surface area contributed by atoms with Gasteiger partial charge < -0.3 is 0 Å². The molecular formula is C18H22ClN6O2+. The number of hydrogen-bond donors (Lipinski definition) is 1. The van der Waals surface area contributed by atoms with Crippen LogP contribution in [0.15, 0.2) is 34.4 Å². The van der Waals surface area contributed by atoms with Gasteiger partial charge >= 0.3 is 12.0 Å². The van der Waals surface area contributed by atoms with Crippen molar-refractivity contribution in [3.8, 4) is 0 Å². The monoisotopic (exact) mass is 389 g/mol. The van der Waals surface area contributed by atoms with E-state index < -0.39 is 12.1 Å². The minimum atomic E-state index is -0.714. The molecule has 3 rings (SSSR count). The average molecular weight is 390 g/mol. The van der Waals surface area contributed by atoms with Crippen LogP contribution in [-0.4, -0.2) is 64.0 Å². The van der Waals surface area contributed by atoms with Gasteiger partial charge in [-0.3, -0.25) is 14.6 Å². The van der Waals surface area contributed by atoms with Gasteiger partial charge in [0.2, 0.25) is 11.9 Å². The Kier molecular flexibility index (Phi) is 5.27. The zero-order valence-corrected chi connectivity index (χ0v) is 16.5. The lowest BCUT2D eigenvalue weighted by atomic mass is 10.1. The number of fused-ring (bicyclic) bond motifs is 1. The summed E-state index contributed by atoms with van der Waals surface area (Å²) in [7, 11) is 3.07.